The summed E-state index contributed by atoms with van der Waals surface area (Å²) in [6.07, 6.45) is 2.18. The van der Waals surface area contributed by atoms with Gasteiger partial charge in [0.2, 0.25) is 5.95 Å². The van der Waals surface area contributed by atoms with Crippen LogP contribution in [0.1, 0.15) is 11.1 Å². The molecule has 0 spiro atoms. The van der Waals surface area contributed by atoms with Crippen molar-refractivity contribution in [1.82, 2.24) is 4.98 Å². The molecule has 0 aliphatic heterocycles. The second kappa shape index (κ2) is 3.44. The molecule has 0 atom stereocenters. The molecule has 0 saturated heterocycles. The van der Waals surface area contributed by atoms with Crippen LogP contribution < -0.4 is 5.73 Å². The van der Waals surface area contributed by atoms with E-state index in [1.54, 1.807) is 13.0 Å². The highest BCUT2D eigenvalue weighted by Gasteiger charge is 2.02. The van der Waals surface area contributed by atoms with Crippen molar-refractivity contribution in [2.45, 2.75) is 13.3 Å². The van der Waals surface area contributed by atoms with E-state index in [2.05, 4.69) is 4.98 Å². The zero-order valence-corrected chi connectivity index (χ0v) is 6.47. The number of rotatable bonds is 2. The van der Waals surface area contributed by atoms with Crippen molar-refractivity contribution in [3.8, 4) is 0 Å². The fraction of sp³-hybridized carbons (Fsp3) is 0.375. The zero-order valence-electron chi connectivity index (χ0n) is 6.47. The van der Waals surface area contributed by atoms with Gasteiger partial charge in [-0.2, -0.15) is 4.39 Å². The Hall–Kier alpha value is -0.960. The first-order valence-electron chi connectivity index (χ1n) is 3.55. The molecule has 2 nitrogen and oxygen atoms in total. The normalized spacial score (nSPS) is 10.1. The predicted molar refractivity (Wildman–Crippen MR) is 41.7 cm³/mol. The second-order valence-corrected chi connectivity index (χ2v) is 2.42. The largest absolute Gasteiger partial charge is 0.330 e. The Morgan fingerprint density at radius 1 is 1.64 bits per heavy atom. The maximum Gasteiger partial charge on any atom is 0.216 e. The molecule has 0 unspecified atom stereocenters. The van der Waals surface area contributed by atoms with Crippen LogP contribution >= 0.6 is 0 Å². The predicted octanol–water partition coefficient (Wildman–Crippen LogP) is 1.03. The van der Waals surface area contributed by atoms with Gasteiger partial charge in [0.1, 0.15) is 0 Å². The molecular formula is C8H11FN2. The van der Waals surface area contributed by atoms with Gasteiger partial charge in [-0.1, -0.05) is 0 Å². The fourth-order valence-electron chi connectivity index (χ4n) is 0.973. The molecule has 0 aliphatic rings. The maximum absolute atomic E-state index is 12.8. The number of nitrogens with zero attached hydrogens (tertiary/aromatic N) is 1. The van der Waals surface area contributed by atoms with Crippen molar-refractivity contribution >= 4 is 0 Å². The van der Waals surface area contributed by atoms with E-state index in [4.69, 9.17) is 5.73 Å². The van der Waals surface area contributed by atoms with Crippen LogP contribution in [0.15, 0.2) is 12.3 Å². The molecular weight excluding hydrogens is 143 g/mol. The Kier molecular flexibility index (Phi) is 2.54. The molecule has 60 valence electrons. The molecule has 3 heteroatoms. The van der Waals surface area contributed by atoms with Crippen LogP contribution in [-0.2, 0) is 6.42 Å². The van der Waals surface area contributed by atoms with Crippen LogP contribution in [0.5, 0.6) is 0 Å². The summed E-state index contributed by atoms with van der Waals surface area (Å²) in [5.74, 6) is -0.393. The van der Waals surface area contributed by atoms with E-state index in [-0.39, 0.29) is 0 Å². The highest BCUT2D eigenvalue weighted by molar-refractivity contribution is 5.22. The number of nitrogens with two attached hydrogens (primary N) is 1. The number of pyridine rings is 1. The number of hydrogen-bond acceptors (Lipinski definition) is 2. The summed E-state index contributed by atoms with van der Waals surface area (Å²) in [6, 6.07) is 1.80. The Labute approximate surface area is 65.3 Å². The van der Waals surface area contributed by atoms with Gasteiger partial charge in [-0.3, -0.25) is 0 Å². The van der Waals surface area contributed by atoms with E-state index in [9.17, 15) is 4.39 Å². The molecule has 0 aliphatic carbocycles. The van der Waals surface area contributed by atoms with Gasteiger partial charge in [-0.05, 0) is 31.5 Å². The first-order chi connectivity index (χ1) is 5.25. The smallest absolute Gasteiger partial charge is 0.216 e. The monoisotopic (exact) mass is 154 g/mol. The van der Waals surface area contributed by atoms with Gasteiger partial charge >= 0.3 is 0 Å². The van der Waals surface area contributed by atoms with Gasteiger partial charge in [0.05, 0.1) is 0 Å². The quantitative estimate of drug-likeness (QED) is 0.646. The van der Waals surface area contributed by atoms with Gasteiger partial charge in [0.15, 0.2) is 0 Å². The van der Waals surface area contributed by atoms with E-state index in [1.165, 1.54) is 6.20 Å². The molecule has 0 bridgehead atoms. The minimum atomic E-state index is -0.393. The zero-order chi connectivity index (χ0) is 8.27. The van der Waals surface area contributed by atoms with Gasteiger partial charge in [0, 0.05) is 11.8 Å². The topological polar surface area (TPSA) is 38.9 Å². The fourth-order valence-corrected chi connectivity index (χ4v) is 0.973. The van der Waals surface area contributed by atoms with Gasteiger partial charge in [-0.15, -0.1) is 0 Å². The van der Waals surface area contributed by atoms with E-state index in [0.717, 1.165) is 5.56 Å². The van der Waals surface area contributed by atoms with E-state index < -0.39 is 5.95 Å². The van der Waals surface area contributed by atoms with Gasteiger partial charge in [0.25, 0.3) is 0 Å². The SMILES string of the molecule is Cc1c(CCN)ccnc1F. The Balaban J connectivity index is 2.96. The standard InChI is InChI=1S/C8H11FN2/c1-6-7(2-4-10)3-5-11-8(6)9/h3,5H,2,4,10H2,1H3. The summed E-state index contributed by atoms with van der Waals surface area (Å²) in [5.41, 5.74) is 6.89. The average Bonchev–Trinajstić information content (AvgIpc) is 1.99. The third-order valence-electron chi connectivity index (χ3n) is 1.67. The lowest BCUT2D eigenvalue weighted by Gasteiger charge is -2.02. The molecule has 1 aromatic rings. The maximum atomic E-state index is 12.8. The van der Waals surface area contributed by atoms with E-state index >= 15 is 0 Å². The Morgan fingerprint density at radius 3 is 3.00 bits per heavy atom. The summed E-state index contributed by atoms with van der Waals surface area (Å²) in [5, 5.41) is 0. The number of aromatic nitrogens is 1. The molecule has 1 heterocycles. The van der Waals surface area contributed by atoms with Crippen molar-refractivity contribution in [2.75, 3.05) is 6.54 Å². The van der Waals surface area contributed by atoms with E-state index in [1.807, 2.05) is 0 Å². The van der Waals surface area contributed by atoms with Crippen molar-refractivity contribution in [1.29, 1.82) is 0 Å². The van der Waals surface area contributed by atoms with Gasteiger partial charge in [-0.25, -0.2) is 4.98 Å². The molecule has 0 fully saturated rings. The molecule has 1 aromatic heterocycles. The highest BCUT2D eigenvalue weighted by atomic mass is 19.1. The highest BCUT2D eigenvalue weighted by Crippen LogP contribution is 2.09. The third kappa shape index (κ3) is 1.74. The van der Waals surface area contributed by atoms with Crippen molar-refractivity contribution in [2.24, 2.45) is 5.73 Å². The lowest BCUT2D eigenvalue weighted by atomic mass is 10.1. The summed E-state index contributed by atoms with van der Waals surface area (Å²) < 4.78 is 12.8. The molecule has 11 heavy (non-hydrogen) atoms. The molecule has 0 aromatic carbocycles. The van der Waals surface area contributed by atoms with Crippen LogP contribution in [0.3, 0.4) is 0 Å². The van der Waals surface area contributed by atoms with Crippen molar-refractivity contribution in [3.63, 3.8) is 0 Å². The second-order valence-electron chi connectivity index (χ2n) is 2.42. The summed E-state index contributed by atoms with van der Waals surface area (Å²) >= 11 is 0. The molecule has 0 radical (unpaired) electrons. The Morgan fingerprint density at radius 2 is 2.36 bits per heavy atom. The minimum Gasteiger partial charge on any atom is -0.330 e. The van der Waals surface area contributed by atoms with Gasteiger partial charge < -0.3 is 5.73 Å². The van der Waals surface area contributed by atoms with Crippen LogP contribution in [0.2, 0.25) is 0 Å². The number of hydrogen-bond donors (Lipinski definition) is 1. The first kappa shape index (κ1) is 8.14. The summed E-state index contributed by atoms with van der Waals surface area (Å²) in [7, 11) is 0. The Bertz CT molecular complexity index is 248. The molecule has 0 saturated carbocycles. The van der Waals surface area contributed by atoms with E-state index in [0.29, 0.717) is 18.5 Å². The van der Waals surface area contributed by atoms with Crippen LogP contribution in [0.4, 0.5) is 4.39 Å². The molecule has 2 N–H and O–H groups in total. The van der Waals surface area contributed by atoms with Crippen LogP contribution in [0, 0.1) is 12.9 Å². The van der Waals surface area contributed by atoms with Crippen molar-refractivity contribution in [3.05, 3.63) is 29.3 Å². The summed E-state index contributed by atoms with van der Waals surface area (Å²) in [6.45, 7) is 2.26. The lowest BCUT2D eigenvalue weighted by molar-refractivity contribution is 0.571. The lowest BCUT2D eigenvalue weighted by Crippen LogP contribution is -2.05. The first-order valence-corrected chi connectivity index (χ1v) is 3.55. The average molecular weight is 154 g/mol. The summed E-state index contributed by atoms with van der Waals surface area (Å²) in [4.78, 5) is 3.51. The van der Waals surface area contributed by atoms with Crippen molar-refractivity contribution < 1.29 is 4.39 Å². The number of halogens is 1. The minimum absolute atomic E-state index is 0.393. The molecule has 1 rings (SSSR count). The third-order valence-corrected chi connectivity index (χ3v) is 1.67. The van der Waals surface area contributed by atoms with Crippen LogP contribution in [-0.4, -0.2) is 11.5 Å². The molecule has 0 amide bonds. The van der Waals surface area contributed by atoms with Crippen LogP contribution in [0.25, 0.3) is 0 Å².